The van der Waals surface area contributed by atoms with Gasteiger partial charge in [-0.1, -0.05) is 42.0 Å². The van der Waals surface area contributed by atoms with Crippen LogP contribution in [-0.2, 0) is 14.3 Å². The van der Waals surface area contributed by atoms with Crippen molar-refractivity contribution in [3.63, 3.8) is 0 Å². The zero-order valence-corrected chi connectivity index (χ0v) is 20.7. The summed E-state index contributed by atoms with van der Waals surface area (Å²) in [6.07, 6.45) is 0.500. The van der Waals surface area contributed by atoms with Crippen LogP contribution in [0.25, 0.3) is 0 Å². The largest absolute Gasteiger partial charge is 0.458 e. The number of aryl methyl sites for hydroxylation is 1. The van der Waals surface area contributed by atoms with Gasteiger partial charge in [0.1, 0.15) is 11.9 Å². The van der Waals surface area contributed by atoms with Gasteiger partial charge in [0, 0.05) is 16.2 Å². The molecular formula is C27H25FINO3. The molecule has 1 unspecified atom stereocenters. The van der Waals surface area contributed by atoms with E-state index in [2.05, 4.69) is 46.9 Å². The molecule has 0 radical (unpaired) electrons. The first-order chi connectivity index (χ1) is 15.8. The molecule has 33 heavy (non-hydrogen) atoms. The summed E-state index contributed by atoms with van der Waals surface area (Å²) in [6, 6.07) is 22.1. The Kier molecular flexibility index (Phi) is 7.12. The van der Waals surface area contributed by atoms with Gasteiger partial charge in [0.15, 0.2) is 0 Å². The Morgan fingerprint density at radius 3 is 2.27 bits per heavy atom. The fourth-order valence-electron chi connectivity index (χ4n) is 4.37. The number of hydrogen-bond donors (Lipinski definition) is 0. The standard InChI is InChI=1S/C27H25FINO3/c1-17-3-5-20(6-4-17)26-24(27(32)30(26)23-13-11-22(29)12-14-23)15-16-25(33-18(2)31)19-7-9-21(28)10-8-19/h3-14,24-26H,15-16H2,1-2H3/t24?,25-,26-/m1/s1. The Bertz CT molecular complexity index is 1130. The fraction of sp³-hybridized carbons (Fsp3) is 0.259. The first-order valence-corrected chi connectivity index (χ1v) is 12.0. The maximum Gasteiger partial charge on any atom is 0.303 e. The zero-order valence-electron chi connectivity index (χ0n) is 18.5. The van der Waals surface area contributed by atoms with Crippen molar-refractivity contribution >= 4 is 40.2 Å². The van der Waals surface area contributed by atoms with Crippen LogP contribution in [0, 0.1) is 22.2 Å². The third kappa shape index (κ3) is 5.27. The number of hydrogen-bond acceptors (Lipinski definition) is 3. The highest BCUT2D eigenvalue weighted by Gasteiger charge is 2.48. The van der Waals surface area contributed by atoms with E-state index in [1.807, 2.05) is 36.1 Å². The molecule has 6 heteroatoms. The highest BCUT2D eigenvalue weighted by atomic mass is 127. The van der Waals surface area contributed by atoms with Crippen LogP contribution < -0.4 is 4.90 Å². The van der Waals surface area contributed by atoms with E-state index in [0.29, 0.717) is 12.8 Å². The van der Waals surface area contributed by atoms with E-state index in [0.717, 1.165) is 25.9 Å². The molecule has 0 bridgehead atoms. The summed E-state index contributed by atoms with van der Waals surface area (Å²) >= 11 is 2.25. The lowest BCUT2D eigenvalue weighted by molar-refractivity contribution is -0.147. The highest BCUT2D eigenvalue weighted by molar-refractivity contribution is 14.1. The number of benzene rings is 3. The lowest BCUT2D eigenvalue weighted by atomic mass is 9.78. The summed E-state index contributed by atoms with van der Waals surface area (Å²) in [5.74, 6) is -0.921. The fourth-order valence-corrected chi connectivity index (χ4v) is 4.73. The SMILES string of the molecule is CC(=O)O[C@H](CCC1C(=O)N(c2ccc(I)cc2)[C@@H]1c1ccc(C)cc1)c1ccc(F)cc1. The molecule has 170 valence electrons. The van der Waals surface area contributed by atoms with Gasteiger partial charge < -0.3 is 9.64 Å². The van der Waals surface area contributed by atoms with Crippen LogP contribution in [0.4, 0.5) is 10.1 Å². The van der Waals surface area contributed by atoms with Gasteiger partial charge in [-0.05, 0) is 89.9 Å². The van der Waals surface area contributed by atoms with Gasteiger partial charge in [-0.15, -0.1) is 0 Å². The van der Waals surface area contributed by atoms with Gasteiger partial charge in [-0.2, -0.15) is 0 Å². The minimum Gasteiger partial charge on any atom is -0.458 e. The Morgan fingerprint density at radius 1 is 1.03 bits per heavy atom. The number of amides is 1. The van der Waals surface area contributed by atoms with E-state index >= 15 is 0 Å². The quantitative estimate of drug-likeness (QED) is 0.189. The third-order valence-corrected chi connectivity index (χ3v) is 6.75. The minimum atomic E-state index is -0.526. The smallest absolute Gasteiger partial charge is 0.303 e. The van der Waals surface area contributed by atoms with Crippen LogP contribution in [0.1, 0.15) is 48.6 Å². The van der Waals surface area contributed by atoms with E-state index in [-0.39, 0.29) is 23.7 Å². The summed E-state index contributed by atoms with van der Waals surface area (Å²) in [5.41, 5.74) is 3.83. The number of nitrogens with zero attached hydrogens (tertiary/aromatic N) is 1. The molecule has 0 saturated carbocycles. The number of ether oxygens (including phenoxy) is 1. The number of esters is 1. The normalized spacial score (nSPS) is 18.5. The Balaban J connectivity index is 1.58. The number of β-lactam (4-membered cyclic amide) rings is 1. The summed E-state index contributed by atoms with van der Waals surface area (Å²) < 4.78 is 20.0. The third-order valence-electron chi connectivity index (χ3n) is 6.03. The van der Waals surface area contributed by atoms with Crippen LogP contribution in [0.5, 0.6) is 0 Å². The van der Waals surface area contributed by atoms with Crippen molar-refractivity contribution in [2.75, 3.05) is 4.90 Å². The van der Waals surface area contributed by atoms with Gasteiger partial charge in [0.25, 0.3) is 0 Å². The van der Waals surface area contributed by atoms with Crippen molar-refractivity contribution in [3.05, 3.63) is 98.9 Å². The van der Waals surface area contributed by atoms with Gasteiger partial charge in [0.2, 0.25) is 5.91 Å². The second-order valence-corrected chi connectivity index (χ2v) is 9.62. The molecule has 0 N–H and O–H groups in total. The molecule has 3 atom stereocenters. The van der Waals surface area contributed by atoms with E-state index in [4.69, 9.17) is 4.74 Å². The van der Waals surface area contributed by atoms with E-state index in [1.54, 1.807) is 12.1 Å². The summed E-state index contributed by atoms with van der Waals surface area (Å²) in [4.78, 5) is 26.8. The second-order valence-electron chi connectivity index (χ2n) is 8.37. The van der Waals surface area contributed by atoms with Crippen molar-refractivity contribution in [1.29, 1.82) is 0 Å². The minimum absolute atomic E-state index is 0.0578. The Morgan fingerprint density at radius 2 is 1.67 bits per heavy atom. The molecule has 1 amide bonds. The average molecular weight is 557 g/mol. The molecule has 0 aliphatic carbocycles. The van der Waals surface area contributed by atoms with Crippen LogP contribution in [0.15, 0.2) is 72.8 Å². The van der Waals surface area contributed by atoms with E-state index in [1.165, 1.54) is 19.1 Å². The molecule has 1 aliphatic heterocycles. The number of carbonyl (C=O) groups is 2. The number of carbonyl (C=O) groups excluding carboxylic acids is 2. The Labute approximate surface area is 206 Å². The average Bonchev–Trinajstić information content (AvgIpc) is 2.79. The van der Waals surface area contributed by atoms with Crippen LogP contribution in [0.3, 0.4) is 0 Å². The van der Waals surface area contributed by atoms with Crippen molar-refractivity contribution in [2.45, 2.75) is 38.8 Å². The molecule has 0 aromatic heterocycles. The second kappa shape index (κ2) is 10.0. The van der Waals surface area contributed by atoms with Crippen molar-refractivity contribution in [1.82, 2.24) is 0 Å². The Hall–Kier alpha value is -2.74. The molecule has 1 heterocycles. The number of rotatable bonds is 7. The lowest BCUT2D eigenvalue weighted by Gasteiger charge is -2.48. The zero-order chi connectivity index (χ0) is 23.5. The van der Waals surface area contributed by atoms with Gasteiger partial charge in [0.05, 0.1) is 12.0 Å². The summed E-state index contributed by atoms with van der Waals surface area (Å²) in [5, 5.41) is 0. The van der Waals surface area contributed by atoms with Crippen LogP contribution >= 0.6 is 22.6 Å². The van der Waals surface area contributed by atoms with Crippen molar-refractivity contribution in [2.24, 2.45) is 5.92 Å². The van der Waals surface area contributed by atoms with Gasteiger partial charge >= 0.3 is 5.97 Å². The summed E-state index contributed by atoms with van der Waals surface area (Å²) in [6.45, 7) is 3.40. The van der Waals surface area contributed by atoms with Crippen molar-refractivity contribution < 1.29 is 18.7 Å². The molecule has 3 aromatic rings. The molecule has 4 nitrogen and oxygen atoms in total. The van der Waals surface area contributed by atoms with Crippen LogP contribution in [0.2, 0.25) is 0 Å². The predicted octanol–water partition coefficient (Wildman–Crippen LogP) is 6.53. The van der Waals surface area contributed by atoms with Gasteiger partial charge in [-0.3, -0.25) is 9.59 Å². The lowest BCUT2D eigenvalue weighted by Crippen LogP contribution is -2.55. The first kappa shape index (κ1) is 23.4. The highest BCUT2D eigenvalue weighted by Crippen LogP contribution is 2.46. The maximum atomic E-state index is 13.4. The molecule has 4 rings (SSSR count). The van der Waals surface area contributed by atoms with E-state index < -0.39 is 12.1 Å². The number of anilines is 1. The van der Waals surface area contributed by atoms with Crippen molar-refractivity contribution in [3.8, 4) is 0 Å². The van der Waals surface area contributed by atoms with Crippen LogP contribution in [-0.4, -0.2) is 11.9 Å². The molecule has 3 aromatic carbocycles. The molecule has 1 aliphatic rings. The number of halogens is 2. The first-order valence-electron chi connectivity index (χ1n) is 10.9. The summed E-state index contributed by atoms with van der Waals surface area (Å²) in [7, 11) is 0. The topological polar surface area (TPSA) is 46.6 Å². The monoisotopic (exact) mass is 557 g/mol. The molecular weight excluding hydrogens is 532 g/mol. The predicted molar refractivity (Wildman–Crippen MR) is 134 cm³/mol. The van der Waals surface area contributed by atoms with E-state index in [9.17, 15) is 14.0 Å². The molecule has 1 fully saturated rings. The molecule has 0 spiro atoms. The maximum absolute atomic E-state index is 13.4. The molecule has 1 saturated heterocycles. The van der Waals surface area contributed by atoms with Gasteiger partial charge in [-0.25, -0.2) is 4.39 Å².